The van der Waals surface area contributed by atoms with Gasteiger partial charge < -0.3 is 14.7 Å². The molecule has 1 N–H and O–H groups in total. The van der Waals surface area contributed by atoms with Gasteiger partial charge in [-0.2, -0.15) is 4.98 Å². The number of aliphatic carboxylic acids is 1. The van der Waals surface area contributed by atoms with Gasteiger partial charge in [0.15, 0.2) is 0 Å². The van der Waals surface area contributed by atoms with E-state index >= 15 is 0 Å². The van der Waals surface area contributed by atoms with Crippen molar-refractivity contribution in [3.8, 4) is 5.88 Å². The van der Waals surface area contributed by atoms with E-state index in [2.05, 4.69) is 9.97 Å². The van der Waals surface area contributed by atoms with Crippen LogP contribution < -0.4 is 9.64 Å². The van der Waals surface area contributed by atoms with E-state index in [1.807, 2.05) is 32.6 Å². The number of nitrogens with zero attached hydrogens (tertiary/aromatic N) is 3. The molecular formula is C14H21N3O3. The van der Waals surface area contributed by atoms with Crippen molar-refractivity contribution in [2.24, 2.45) is 5.92 Å². The van der Waals surface area contributed by atoms with Crippen LogP contribution in [-0.2, 0) is 4.79 Å². The average Bonchev–Trinajstić information content (AvgIpc) is 2.69. The quantitative estimate of drug-likeness (QED) is 0.906. The molecule has 1 aromatic rings. The second-order valence-corrected chi connectivity index (χ2v) is 5.48. The van der Waals surface area contributed by atoms with Crippen molar-refractivity contribution in [3.05, 3.63) is 11.8 Å². The van der Waals surface area contributed by atoms with Crippen molar-refractivity contribution in [2.75, 3.05) is 11.4 Å². The van der Waals surface area contributed by atoms with Gasteiger partial charge in [0.2, 0.25) is 11.8 Å². The number of aromatic nitrogens is 2. The molecule has 0 radical (unpaired) electrons. The molecule has 1 fully saturated rings. The van der Waals surface area contributed by atoms with Crippen LogP contribution >= 0.6 is 0 Å². The molecular weight excluding hydrogens is 258 g/mol. The Morgan fingerprint density at radius 2 is 2.20 bits per heavy atom. The standard InChI is InChI=1S/C14H21N3O3/c1-8(2)20-12-7-9(3)15-14(16-12)17-6-5-11(10(17)4)13(18)19/h7-8,10-11H,5-6H2,1-4H3,(H,18,19). The summed E-state index contributed by atoms with van der Waals surface area (Å²) in [6, 6.07) is 1.68. The van der Waals surface area contributed by atoms with Gasteiger partial charge in [0, 0.05) is 24.3 Å². The molecule has 2 heterocycles. The molecule has 2 unspecified atom stereocenters. The fourth-order valence-corrected chi connectivity index (χ4v) is 2.51. The van der Waals surface area contributed by atoms with Crippen LogP contribution in [-0.4, -0.2) is 39.7 Å². The number of rotatable bonds is 4. The predicted octanol–water partition coefficient (Wildman–Crippen LogP) is 1.87. The fourth-order valence-electron chi connectivity index (χ4n) is 2.51. The Kier molecular flexibility index (Phi) is 4.11. The molecule has 0 saturated carbocycles. The zero-order valence-electron chi connectivity index (χ0n) is 12.3. The van der Waals surface area contributed by atoms with Crippen molar-refractivity contribution >= 4 is 11.9 Å². The van der Waals surface area contributed by atoms with E-state index in [4.69, 9.17) is 4.74 Å². The third kappa shape index (κ3) is 3.00. The Labute approximate surface area is 118 Å². The van der Waals surface area contributed by atoms with Gasteiger partial charge in [-0.05, 0) is 34.1 Å². The highest BCUT2D eigenvalue weighted by atomic mass is 16.5. The smallest absolute Gasteiger partial charge is 0.308 e. The number of carboxylic acid groups (broad SMARTS) is 1. The van der Waals surface area contributed by atoms with E-state index in [-0.39, 0.29) is 18.1 Å². The predicted molar refractivity (Wildman–Crippen MR) is 75.1 cm³/mol. The van der Waals surface area contributed by atoms with Crippen molar-refractivity contribution in [2.45, 2.75) is 46.3 Å². The van der Waals surface area contributed by atoms with Gasteiger partial charge in [-0.25, -0.2) is 4.98 Å². The monoisotopic (exact) mass is 279 g/mol. The van der Waals surface area contributed by atoms with E-state index in [0.717, 1.165) is 5.69 Å². The van der Waals surface area contributed by atoms with Crippen LogP contribution in [0.4, 0.5) is 5.95 Å². The number of hydrogen-bond donors (Lipinski definition) is 1. The zero-order chi connectivity index (χ0) is 14.9. The second-order valence-electron chi connectivity index (χ2n) is 5.48. The number of carbonyl (C=O) groups is 1. The van der Waals surface area contributed by atoms with E-state index in [9.17, 15) is 9.90 Å². The van der Waals surface area contributed by atoms with Crippen molar-refractivity contribution in [3.63, 3.8) is 0 Å². The van der Waals surface area contributed by atoms with Crippen molar-refractivity contribution < 1.29 is 14.6 Å². The molecule has 110 valence electrons. The highest BCUT2D eigenvalue weighted by molar-refractivity contribution is 5.72. The lowest BCUT2D eigenvalue weighted by molar-refractivity contribution is -0.141. The summed E-state index contributed by atoms with van der Waals surface area (Å²) in [5, 5.41) is 9.18. The molecule has 1 aliphatic heterocycles. The second kappa shape index (κ2) is 5.64. The molecule has 0 amide bonds. The van der Waals surface area contributed by atoms with Gasteiger partial charge in [0.25, 0.3) is 0 Å². The number of anilines is 1. The molecule has 1 aliphatic rings. The normalized spacial score (nSPS) is 22.4. The number of aryl methyl sites for hydroxylation is 1. The minimum absolute atomic E-state index is 0.0416. The maximum Gasteiger partial charge on any atom is 0.308 e. The topological polar surface area (TPSA) is 75.5 Å². The molecule has 0 aromatic carbocycles. The van der Waals surface area contributed by atoms with Crippen LogP contribution in [0.2, 0.25) is 0 Å². The number of hydrogen-bond acceptors (Lipinski definition) is 5. The summed E-state index contributed by atoms with van der Waals surface area (Å²) in [5.41, 5.74) is 0.816. The SMILES string of the molecule is Cc1cc(OC(C)C)nc(N2CCC(C(=O)O)C2C)n1. The van der Waals surface area contributed by atoms with Gasteiger partial charge in [-0.1, -0.05) is 0 Å². The summed E-state index contributed by atoms with van der Waals surface area (Å²) in [6.07, 6.45) is 0.661. The first-order valence-electron chi connectivity index (χ1n) is 6.90. The summed E-state index contributed by atoms with van der Waals surface area (Å²) in [7, 11) is 0. The average molecular weight is 279 g/mol. The summed E-state index contributed by atoms with van der Waals surface area (Å²) in [4.78, 5) is 21.9. The van der Waals surface area contributed by atoms with Crippen LogP contribution in [0.25, 0.3) is 0 Å². The summed E-state index contributed by atoms with van der Waals surface area (Å²) in [6.45, 7) is 8.32. The first kappa shape index (κ1) is 14.6. The molecule has 6 nitrogen and oxygen atoms in total. The van der Waals surface area contributed by atoms with Gasteiger partial charge in [-0.3, -0.25) is 4.79 Å². The third-order valence-corrected chi connectivity index (χ3v) is 3.50. The molecule has 2 rings (SSSR count). The van der Waals surface area contributed by atoms with E-state index in [1.165, 1.54) is 0 Å². The van der Waals surface area contributed by atoms with Crippen LogP contribution in [0.15, 0.2) is 6.07 Å². The van der Waals surface area contributed by atoms with Crippen LogP contribution in [0.3, 0.4) is 0 Å². The van der Waals surface area contributed by atoms with Gasteiger partial charge >= 0.3 is 5.97 Å². The van der Waals surface area contributed by atoms with E-state index in [1.54, 1.807) is 6.07 Å². The van der Waals surface area contributed by atoms with Crippen LogP contribution in [0.5, 0.6) is 5.88 Å². The first-order valence-corrected chi connectivity index (χ1v) is 6.90. The van der Waals surface area contributed by atoms with E-state index < -0.39 is 5.97 Å². The Bertz CT molecular complexity index is 504. The van der Waals surface area contributed by atoms with Crippen molar-refractivity contribution in [1.82, 2.24) is 9.97 Å². The summed E-state index contributed by atoms with van der Waals surface area (Å²) in [5.74, 6) is -0.0368. The fraction of sp³-hybridized carbons (Fsp3) is 0.643. The lowest BCUT2D eigenvalue weighted by Crippen LogP contribution is -2.34. The largest absolute Gasteiger partial charge is 0.481 e. The molecule has 6 heteroatoms. The van der Waals surface area contributed by atoms with Crippen LogP contribution in [0.1, 0.15) is 32.9 Å². The molecule has 20 heavy (non-hydrogen) atoms. The molecule has 0 spiro atoms. The molecule has 1 aromatic heterocycles. The van der Waals surface area contributed by atoms with Gasteiger partial charge in [0.1, 0.15) is 0 Å². The zero-order valence-corrected chi connectivity index (χ0v) is 12.3. The maximum absolute atomic E-state index is 11.2. The third-order valence-electron chi connectivity index (χ3n) is 3.50. The van der Waals surface area contributed by atoms with Crippen molar-refractivity contribution in [1.29, 1.82) is 0 Å². The highest BCUT2D eigenvalue weighted by Crippen LogP contribution is 2.29. The highest BCUT2D eigenvalue weighted by Gasteiger charge is 2.37. The lowest BCUT2D eigenvalue weighted by Gasteiger charge is -2.24. The van der Waals surface area contributed by atoms with Gasteiger partial charge in [0.05, 0.1) is 12.0 Å². The maximum atomic E-state index is 11.2. The molecule has 0 bridgehead atoms. The Morgan fingerprint density at radius 3 is 2.75 bits per heavy atom. The molecule has 1 saturated heterocycles. The first-order chi connectivity index (χ1) is 9.38. The van der Waals surface area contributed by atoms with E-state index in [0.29, 0.717) is 24.8 Å². The molecule has 0 aliphatic carbocycles. The minimum Gasteiger partial charge on any atom is -0.481 e. The van der Waals surface area contributed by atoms with Crippen LogP contribution in [0, 0.1) is 12.8 Å². The Morgan fingerprint density at radius 1 is 1.50 bits per heavy atom. The summed E-state index contributed by atoms with van der Waals surface area (Å²) < 4.78 is 5.61. The molecule has 2 atom stereocenters. The Hall–Kier alpha value is -1.85. The number of ether oxygens (including phenoxy) is 1. The van der Waals surface area contributed by atoms with Gasteiger partial charge in [-0.15, -0.1) is 0 Å². The lowest BCUT2D eigenvalue weighted by atomic mass is 10.0. The number of carboxylic acids is 1. The minimum atomic E-state index is -0.758. The summed E-state index contributed by atoms with van der Waals surface area (Å²) >= 11 is 0. The Balaban J connectivity index is 2.25.